The summed E-state index contributed by atoms with van der Waals surface area (Å²) in [6.07, 6.45) is 0.443. The molecule has 2 rings (SSSR count). The average Bonchev–Trinajstić information content (AvgIpc) is 2.64. The molecular weight excluding hydrogens is 246 g/mol. The Labute approximate surface area is 102 Å². The van der Waals surface area contributed by atoms with Crippen LogP contribution in [-0.2, 0) is 9.53 Å². The van der Waals surface area contributed by atoms with Crippen molar-refractivity contribution in [2.75, 3.05) is 6.61 Å². The standard InChI is InChI=1S/C11H10ClNO4/c12-6-1-2-7(9(14)5-6)10(15)13-8-3-4-17-11(8)16/h1-2,5,8,14H,3-4H2,(H,13,15). The van der Waals surface area contributed by atoms with Crippen molar-refractivity contribution in [2.24, 2.45) is 0 Å². The van der Waals surface area contributed by atoms with Crippen molar-refractivity contribution < 1.29 is 19.4 Å². The quantitative estimate of drug-likeness (QED) is 0.776. The number of hydrogen-bond donors (Lipinski definition) is 2. The molecule has 1 amide bonds. The lowest BCUT2D eigenvalue weighted by Crippen LogP contribution is -2.37. The molecule has 0 saturated carbocycles. The molecule has 1 fully saturated rings. The number of nitrogens with one attached hydrogen (secondary N) is 1. The number of cyclic esters (lactones) is 1. The molecule has 5 nitrogen and oxygen atoms in total. The first-order valence-electron chi connectivity index (χ1n) is 5.04. The maximum absolute atomic E-state index is 11.8. The van der Waals surface area contributed by atoms with E-state index in [9.17, 15) is 14.7 Å². The Morgan fingerprint density at radius 3 is 2.88 bits per heavy atom. The molecule has 6 heteroatoms. The van der Waals surface area contributed by atoms with E-state index in [1.54, 1.807) is 0 Å². The molecular formula is C11H10ClNO4. The summed E-state index contributed by atoms with van der Waals surface area (Å²) in [5.41, 5.74) is 0.0779. The summed E-state index contributed by atoms with van der Waals surface area (Å²) < 4.78 is 4.71. The van der Waals surface area contributed by atoms with Gasteiger partial charge in [-0.2, -0.15) is 0 Å². The fraction of sp³-hybridized carbons (Fsp3) is 0.273. The van der Waals surface area contributed by atoms with Crippen LogP contribution in [0.2, 0.25) is 5.02 Å². The molecule has 90 valence electrons. The van der Waals surface area contributed by atoms with Gasteiger partial charge < -0.3 is 15.2 Å². The van der Waals surface area contributed by atoms with Crippen LogP contribution in [0.25, 0.3) is 0 Å². The highest BCUT2D eigenvalue weighted by Gasteiger charge is 2.28. The van der Waals surface area contributed by atoms with E-state index < -0.39 is 17.9 Å². The number of phenolic OH excluding ortho intramolecular Hbond substituents is 1. The minimum Gasteiger partial charge on any atom is -0.507 e. The van der Waals surface area contributed by atoms with Gasteiger partial charge in [-0.25, -0.2) is 4.79 Å². The van der Waals surface area contributed by atoms with Crippen LogP contribution in [-0.4, -0.2) is 29.6 Å². The summed E-state index contributed by atoms with van der Waals surface area (Å²) in [7, 11) is 0. The first-order chi connectivity index (χ1) is 8.08. The third-order valence-corrected chi connectivity index (χ3v) is 2.68. The van der Waals surface area contributed by atoms with Gasteiger partial charge in [-0.05, 0) is 18.2 Å². The zero-order chi connectivity index (χ0) is 12.4. The van der Waals surface area contributed by atoms with E-state index in [1.165, 1.54) is 18.2 Å². The third kappa shape index (κ3) is 2.50. The highest BCUT2D eigenvalue weighted by molar-refractivity contribution is 6.30. The Morgan fingerprint density at radius 2 is 2.29 bits per heavy atom. The molecule has 0 spiro atoms. The van der Waals surface area contributed by atoms with Gasteiger partial charge in [0.15, 0.2) is 0 Å². The molecule has 1 aromatic carbocycles. The molecule has 1 heterocycles. The van der Waals surface area contributed by atoms with Crippen LogP contribution in [0.3, 0.4) is 0 Å². The molecule has 1 aromatic rings. The highest BCUT2D eigenvalue weighted by atomic mass is 35.5. The first-order valence-corrected chi connectivity index (χ1v) is 5.42. The zero-order valence-corrected chi connectivity index (χ0v) is 9.53. The summed E-state index contributed by atoms with van der Waals surface area (Å²) in [6, 6.07) is 3.51. The van der Waals surface area contributed by atoms with Crippen LogP contribution in [0.4, 0.5) is 0 Å². The van der Waals surface area contributed by atoms with Crippen LogP contribution in [0.15, 0.2) is 18.2 Å². The smallest absolute Gasteiger partial charge is 0.328 e. The molecule has 1 saturated heterocycles. The van der Waals surface area contributed by atoms with Crippen LogP contribution in [0, 0.1) is 0 Å². The number of phenols is 1. The van der Waals surface area contributed by atoms with Gasteiger partial charge in [-0.1, -0.05) is 11.6 Å². The number of hydrogen-bond acceptors (Lipinski definition) is 4. The van der Waals surface area contributed by atoms with E-state index in [-0.39, 0.29) is 11.3 Å². The molecule has 0 bridgehead atoms. The molecule has 1 atom stereocenters. The van der Waals surface area contributed by atoms with Gasteiger partial charge in [0.05, 0.1) is 12.2 Å². The minimum atomic E-state index is -0.641. The summed E-state index contributed by atoms with van der Waals surface area (Å²) in [5, 5.41) is 12.4. The molecule has 2 N–H and O–H groups in total. The maximum atomic E-state index is 11.8. The van der Waals surface area contributed by atoms with Crippen LogP contribution in [0.1, 0.15) is 16.8 Å². The van der Waals surface area contributed by atoms with Crippen molar-refractivity contribution in [3.05, 3.63) is 28.8 Å². The fourth-order valence-corrected chi connectivity index (χ4v) is 1.73. The Kier molecular flexibility index (Phi) is 3.19. The number of ether oxygens (including phenoxy) is 1. The average molecular weight is 256 g/mol. The lowest BCUT2D eigenvalue weighted by Gasteiger charge is -2.09. The predicted octanol–water partition coefficient (Wildman–Crippen LogP) is 1.09. The molecule has 1 aliphatic rings. The lowest BCUT2D eigenvalue weighted by atomic mass is 10.1. The number of benzene rings is 1. The van der Waals surface area contributed by atoms with Crippen LogP contribution in [0.5, 0.6) is 5.75 Å². The second kappa shape index (κ2) is 4.63. The fourth-order valence-electron chi connectivity index (χ4n) is 1.56. The summed E-state index contributed by atoms with van der Waals surface area (Å²) >= 11 is 5.65. The van der Waals surface area contributed by atoms with Crippen molar-refractivity contribution in [1.82, 2.24) is 5.32 Å². The highest BCUT2D eigenvalue weighted by Crippen LogP contribution is 2.22. The third-order valence-electron chi connectivity index (χ3n) is 2.45. The summed E-state index contributed by atoms with van der Waals surface area (Å²) in [6.45, 7) is 0.302. The van der Waals surface area contributed by atoms with Gasteiger partial charge in [0, 0.05) is 11.4 Å². The number of aromatic hydroxyl groups is 1. The number of halogens is 1. The van der Waals surface area contributed by atoms with Crippen LogP contribution < -0.4 is 5.32 Å². The maximum Gasteiger partial charge on any atom is 0.328 e. The van der Waals surface area contributed by atoms with E-state index >= 15 is 0 Å². The van der Waals surface area contributed by atoms with Crippen LogP contribution >= 0.6 is 11.6 Å². The summed E-state index contributed by atoms with van der Waals surface area (Å²) in [4.78, 5) is 22.9. The Bertz CT molecular complexity index is 475. The van der Waals surface area contributed by atoms with Crippen molar-refractivity contribution in [3.63, 3.8) is 0 Å². The molecule has 1 aliphatic heterocycles. The monoisotopic (exact) mass is 255 g/mol. The molecule has 0 aliphatic carbocycles. The second-order valence-corrected chi connectivity index (χ2v) is 4.08. The van der Waals surface area contributed by atoms with Gasteiger partial charge in [0.2, 0.25) is 0 Å². The zero-order valence-electron chi connectivity index (χ0n) is 8.77. The van der Waals surface area contributed by atoms with Crippen molar-refractivity contribution >= 4 is 23.5 Å². The van der Waals surface area contributed by atoms with E-state index in [2.05, 4.69) is 5.32 Å². The van der Waals surface area contributed by atoms with Crippen molar-refractivity contribution in [3.8, 4) is 5.75 Å². The van der Waals surface area contributed by atoms with E-state index in [1.807, 2.05) is 0 Å². The topological polar surface area (TPSA) is 75.6 Å². The number of rotatable bonds is 2. The Hall–Kier alpha value is -1.75. The van der Waals surface area contributed by atoms with E-state index in [4.69, 9.17) is 16.3 Å². The van der Waals surface area contributed by atoms with Gasteiger partial charge in [0.25, 0.3) is 5.91 Å². The molecule has 17 heavy (non-hydrogen) atoms. The minimum absolute atomic E-state index is 0.0779. The van der Waals surface area contributed by atoms with E-state index in [0.29, 0.717) is 18.1 Å². The summed E-state index contributed by atoms with van der Waals surface area (Å²) in [5.74, 6) is -1.20. The SMILES string of the molecule is O=C(NC1CCOC1=O)c1ccc(Cl)cc1O. The van der Waals surface area contributed by atoms with Crippen molar-refractivity contribution in [1.29, 1.82) is 0 Å². The van der Waals surface area contributed by atoms with Gasteiger partial charge >= 0.3 is 5.97 Å². The molecule has 1 unspecified atom stereocenters. The normalized spacial score (nSPS) is 18.9. The lowest BCUT2D eigenvalue weighted by molar-refractivity contribution is -0.139. The van der Waals surface area contributed by atoms with Gasteiger partial charge in [-0.3, -0.25) is 4.79 Å². The van der Waals surface area contributed by atoms with Crippen molar-refractivity contribution in [2.45, 2.75) is 12.5 Å². The molecule has 0 aromatic heterocycles. The number of amides is 1. The Balaban J connectivity index is 2.11. The largest absolute Gasteiger partial charge is 0.507 e. The first kappa shape index (κ1) is 11.7. The predicted molar refractivity (Wildman–Crippen MR) is 59.9 cm³/mol. The Morgan fingerprint density at radius 1 is 1.53 bits per heavy atom. The molecule has 0 radical (unpaired) electrons. The number of carbonyl (C=O) groups is 2. The van der Waals surface area contributed by atoms with E-state index in [0.717, 1.165) is 0 Å². The number of carbonyl (C=O) groups excluding carboxylic acids is 2. The second-order valence-electron chi connectivity index (χ2n) is 3.64. The van der Waals surface area contributed by atoms with Gasteiger partial charge in [0.1, 0.15) is 11.8 Å². The van der Waals surface area contributed by atoms with Gasteiger partial charge in [-0.15, -0.1) is 0 Å². The number of esters is 1.